The van der Waals surface area contributed by atoms with Crippen LogP contribution in [0.25, 0.3) is 0 Å². The highest BCUT2D eigenvalue weighted by molar-refractivity contribution is 5.85. The molecule has 0 radical (unpaired) electrons. The van der Waals surface area contributed by atoms with E-state index in [0.29, 0.717) is 18.3 Å². The fourth-order valence-electron chi connectivity index (χ4n) is 3.41. The van der Waals surface area contributed by atoms with Crippen LogP contribution in [0, 0.1) is 0 Å². The number of benzene rings is 1. The average Bonchev–Trinajstić information content (AvgIpc) is 3.16. The van der Waals surface area contributed by atoms with Crippen LogP contribution in [0.1, 0.15) is 55.3 Å². The quantitative estimate of drug-likeness (QED) is 0.919. The van der Waals surface area contributed by atoms with Crippen LogP contribution in [-0.4, -0.2) is 16.7 Å². The Balaban J connectivity index is 0.00000144. The molecule has 6 heteroatoms. The molecule has 1 aliphatic carbocycles. The van der Waals surface area contributed by atoms with E-state index >= 15 is 0 Å². The second-order valence-corrected chi connectivity index (χ2v) is 6.05. The zero-order chi connectivity index (χ0) is 14.3. The second kappa shape index (κ2) is 5.89. The van der Waals surface area contributed by atoms with Crippen molar-refractivity contribution < 1.29 is 9.26 Å². The molecule has 22 heavy (non-hydrogen) atoms. The van der Waals surface area contributed by atoms with Gasteiger partial charge in [0.1, 0.15) is 5.75 Å². The minimum atomic E-state index is -0.396. The molecule has 2 heterocycles. The summed E-state index contributed by atoms with van der Waals surface area (Å²) in [5.74, 6) is 2.36. The van der Waals surface area contributed by atoms with Gasteiger partial charge in [-0.1, -0.05) is 36.2 Å². The van der Waals surface area contributed by atoms with E-state index in [4.69, 9.17) is 15.0 Å². The maximum atomic E-state index is 6.41. The van der Waals surface area contributed by atoms with Crippen LogP contribution in [0.2, 0.25) is 0 Å². The molecule has 2 aromatic rings. The van der Waals surface area contributed by atoms with Crippen molar-refractivity contribution in [2.24, 2.45) is 5.73 Å². The summed E-state index contributed by atoms with van der Waals surface area (Å²) in [7, 11) is 0. The average molecular weight is 322 g/mol. The molecular formula is C16H20ClN3O2. The van der Waals surface area contributed by atoms with E-state index in [9.17, 15) is 0 Å². The molecule has 2 aliphatic rings. The predicted octanol–water partition coefficient (Wildman–Crippen LogP) is 3.13. The van der Waals surface area contributed by atoms with E-state index in [0.717, 1.165) is 43.4 Å². The summed E-state index contributed by atoms with van der Waals surface area (Å²) in [5, 5.41) is 4.17. The summed E-state index contributed by atoms with van der Waals surface area (Å²) >= 11 is 0. The third-order valence-corrected chi connectivity index (χ3v) is 4.64. The Bertz CT molecular complexity index is 652. The van der Waals surface area contributed by atoms with Crippen molar-refractivity contribution in [2.75, 3.05) is 6.61 Å². The molecule has 118 valence electrons. The Kier molecular flexibility index (Phi) is 4.10. The van der Waals surface area contributed by atoms with Crippen LogP contribution < -0.4 is 10.5 Å². The summed E-state index contributed by atoms with van der Waals surface area (Å²) in [5.41, 5.74) is 7.13. The van der Waals surface area contributed by atoms with Crippen LogP contribution >= 0.6 is 12.4 Å². The molecule has 4 rings (SSSR count). The van der Waals surface area contributed by atoms with Crippen LogP contribution in [0.15, 0.2) is 28.8 Å². The maximum Gasteiger partial charge on any atom is 0.234 e. The number of ether oxygens (including phenoxy) is 1. The fraction of sp³-hybridized carbons (Fsp3) is 0.500. The van der Waals surface area contributed by atoms with Crippen LogP contribution in [-0.2, 0) is 5.54 Å². The third kappa shape index (κ3) is 2.48. The zero-order valence-corrected chi connectivity index (χ0v) is 13.1. The number of rotatable bonds is 2. The lowest BCUT2D eigenvalue weighted by molar-refractivity contribution is 0.256. The molecule has 1 fully saturated rings. The number of fused-ring (bicyclic) bond motifs is 1. The zero-order valence-electron chi connectivity index (χ0n) is 12.3. The Morgan fingerprint density at radius 3 is 2.77 bits per heavy atom. The van der Waals surface area contributed by atoms with Gasteiger partial charge >= 0.3 is 0 Å². The van der Waals surface area contributed by atoms with Crippen LogP contribution in [0.3, 0.4) is 0 Å². The first-order valence-electron chi connectivity index (χ1n) is 7.61. The molecule has 0 amide bonds. The van der Waals surface area contributed by atoms with Crippen molar-refractivity contribution in [3.05, 3.63) is 41.5 Å². The van der Waals surface area contributed by atoms with Crippen molar-refractivity contribution in [1.82, 2.24) is 10.1 Å². The molecule has 1 aliphatic heterocycles. The fourth-order valence-corrected chi connectivity index (χ4v) is 3.41. The first kappa shape index (κ1) is 15.3. The lowest BCUT2D eigenvalue weighted by Gasteiger charge is -2.23. The van der Waals surface area contributed by atoms with Gasteiger partial charge in [0.15, 0.2) is 5.82 Å². The Hall–Kier alpha value is -1.59. The van der Waals surface area contributed by atoms with Crippen LogP contribution in [0.4, 0.5) is 0 Å². The smallest absolute Gasteiger partial charge is 0.234 e. The summed E-state index contributed by atoms with van der Waals surface area (Å²) in [6.45, 7) is 0.674. The highest BCUT2D eigenvalue weighted by Gasteiger charge is 2.37. The van der Waals surface area contributed by atoms with Gasteiger partial charge < -0.3 is 15.0 Å². The van der Waals surface area contributed by atoms with E-state index in [1.54, 1.807) is 0 Å². The van der Waals surface area contributed by atoms with Crippen molar-refractivity contribution in [2.45, 2.75) is 43.6 Å². The number of nitrogens with zero attached hydrogens (tertiary/aromatic N) is 2. The molecule has 5 nitrogen and oxygen atoms in total. The van der Waals surface area contributed by atoms with Gasteiger partial charge in [0.05, 0.1) is 18.1 Å². The van der Waals surface area contributed by atoms with E-state index in [1.807, 2.05) is 18.2 Å². The highest BCUT2D eigenvalue weighted by Crippen LogP contribution is 2.39. The van der Waals surface area contributed by atoms with E-state index in [2.05, 4.69) is 16.2 Å². The van der Waals surface area contributed by atoms with E-state index < -0.39 is 5.54 Å². The first-order chi connectivity index (χ1) is 10.3. The Morgan fingerprint density at radius 2 is 1.95 bits per heavy atom. The van der Waals surface area contributed by atoms with Gasteiger partial charge in [-0.05, 0) is 25.3 Å². The van der Waals surface area contributed by atoms with Crippen molar-refractivity contribution in [3.63, 3.8) is 0 Å². The maximum absolute atomic E-state index is 6.41. The third-order valence-electron chi connectivity index (χ3n) is 4.64. The van der Waals surface area contributed by atoms with Gasteiger partial charge in [-0.3, -0.25) is 0 Å². The number of aromatic nitrogens is 2. The predicted molar refractivity (Wildman–Crippen MR) is 84.3 cm³/mol. The molecule has 0 bridgehead atoms. The summed E-state index contributed by atoms with van der Waals surface area (Å²) < 4.78 is 11.2. The lowest BCUT2D eigenvalue weighted by Crippen LogP contribution is -2.34. The van der Waals surface area contributed by atoms with Crippen LogP contribution in [0.5, 0.6) is 5.75 Å². The highest BCUT2D eigenvalue weighted by atomic mass is 35.5. The van der Waals surface area contributed by atoms with Gasteiger partial charge in [0, 0.05) is 5.56 Å². The van der Waals surface area contributed by atoms with Gasteiger partial charge in [-0.15, -0.1) is 12.4 Å². The number of hydrogen-bond acceptors (Lipinski definition) is 5. The summed E-state index contributed by atoms with van der Waals surface area (Å²) in [4.78, 5) is 4.63. The molecule has 1 atom stereocenters. The van der Waals surface area contributed by atoms with Gasteiger partial charge in [-0.25, -0.2) is 0 Å². The van der Waals surface area contributed by atoms with Gasteiger partial charge in [0.2, 0.25) is 5.89 Å². The molecular weight excluding hydrogens is 302 g/mol. The Morgan fingerprint density at radius 1 is 1.18 bits per heavy atom. The summed E-state index contributed by atoms with van der Waals surface area (Å²) in [6, 6.07) is 8.05. The van der Waals surface area contributed by atoms with Crippen molar-refractivity contribution >= 4 is 12.4 Å². The molecule has 0 spiro atoms. The molecule has 0 saturated heterocycles. The van der Waals surface area contributed by atoms with Gasteiger partial charge in [0.25, 0.3) is 0 Å². The van der Waals surface area contributed by atoms with E-state index in [1.165, 1.54) is 0 Å². The molecule has 1 aromatic heterocycles. The van der Waals surface area contributed by atoms with Crippen molar-refractivity contribution in [1.29, 1.82) is 0 Å². The topological polar surface area (TPSA) is 74.2 Å². The Labute approximate surface area is 135 Å². The SMILES string of the molecule is Cl.NC1(c2noc(C3CCOc4ccccc43)n2)CCCC1. The molecule has 2 N–H and O–H groups in total. The second-order valence-electron chi connectivity index (χ2n) is 6.05. The summed E-state index contributed by atoms with van der Waals surface area (Å²) in [6.07, 6.45) is 5.02. The molecule has 1 saturated carbocycles. The molecule has 1 unspecified atom stereocenters. The number of hydrogen-bond donors (Lipinski definition) is 1. The number of nitrogens with two attached hydrogens (primary N) is 1. The molecule has 1 aromatic carbocycles. The minimum absolute atomic E-state index is 0. The lowest BCUT2D eigenvalue weighted by atomic mass is 9.93. The number of halogens is 1. The first-order valence-corrected chi connectivity index (χ1v) is 7.61. The number of para-hydroxylation sites is 1. The normalized spacial score (nSPS) is 22.5. The van der Waals surface area contributed by atoms with Crippen molar-refractivity contribution in [3.8, 4) is 5.75 Å². The minimum Gasteiger partial charge on any atom is -0.493 e. The largest absolute Gasteiger partial charge is 0.493 e. The monoisotopic (exact) mass is 321 g/mol. The van der Waals surface area contributed by atoms with E-state index in [-0.39, 0.29) is 18.3 Å². The standard InChI is InChI=1S/C16H19N3O2.ClH/c17-16(8-3-4-9-16)15-18-14(21-19-15)12-7-10-20-13-6-2-1-5-11(12)13;/h1-2,5-6,12H,3-4,7-10,17H2;1H. The van der Waals surface area contributed by atoms with Gasteiger partial charge in [-0.2, -0.15) is 4.98 Å².